The number of nitrogens with zero attached hydrogens (tertiary/aromatic N) is 2. The van der Waals surface area contributed by atoms with E-state index in [0.717, 1.165) is 19.5 Å². The summed E-state index contributed by atoms with van der Waals surface area (Å²) in [5.41, 5.74) is -0.0325. The fraction of sp³-hybridized carbons (Fsp3) is 0.389. The topological polar surface area (TPSA) is 76.0 Å². The zero-order chi connectivity index (χ0) is 18.0. The number of aryl methyl sites for hydroxylation is 1. The van der Waals surface area contributed by atoms with Gasteiger partial charge in [-0.15, -0.1) is 12.4 Å². The normalized spacial score (nSPS) is 19.5. The molecule has 1 fully saturated rings. The van der Waals surface area contributed by atoms with Gasteiger partial charge in [0.1, 0.15) is 11.5 Å². The molecule has 0 aliphatic carbocycles. The van der Waals surface area contributed by atoms with Crippen LogP contribution in [0.2, 0.25) is 0 Å². The van der Waals surface area contributed by atoms with Crippen LogP contribution in [0.3, 0.4) is 0 Å². The predicted octanol–water partition coefficient (Wildman–Crippen LogP) is 1.83. The maximum Gasteiger partial charge on any atom is 0.276 e. The van der Waals surface area contributed by atoms with Gasteiger partial charge in [0.25, 0.3) is 5.91 Å². The van der Waals surface area contributed by atoms with Crippen LogP contribution in [0.1, 0.15) is 29.5 Å². The van der Waals surface area contributed by atoms with Gasteiger partial charge in [-0.25, -0.2) is 9.07 Å². The molecule has 140 valence electrons. The van der Waals surface area contributed by atoms with E-state index in [-0.39, 0.29) is 35.7 Å². The summed E-state index contributed by atoms with van der Waals surface area (Å²) in [5.74, 6) is -0.731. The number of rotatable bonds is 3. The predicted molar refractivity (Wildman–Crippen MR) is 99.7 cm³/mol. The summed E-state index contributed by atoms with van der Waals surface area (Å²) >= 11 is 0. The van der Waals surface area contributed by atoms with Gasteiger partial charge in [-0.05, 0) is 44.5 Å². The molecule has 1 aromatic carbocycles. The Kier molecular flexibility index (Phi) is 6.50. The van der Waals surface area contributed by atoms with Crippen molar-refractivity contribution in [2.75, 3.05) is 13.1 Å². The van der Waals surface area contributed by atoms with E-state index in [4.69, 9.17) is 0 Å². The number of piperidine rings is 1. The molecule has 0 saturated carbocycles. The van der Waals surface area contributed by atoms with Gasteiger partial charge in [-0.1, -0.05) is 19.1 Å². The van der Waals surface area contributed by atoms with E-state index in [0.29, 0.717) is 5.69 Å². The molecule has 2 heterocycles. The Labute approximate surface area is 157 Å². The number of carbonyl (C=O) groups is 1. The quantitative estimate of drug-likeness (QED) is 0.851. The van der Waals surface area contributed by atoms with Crippen molar-refractivity contribution in [1.29, 1.82) is 0 Å². The van der Waals surface area contributed by atoms with Crippen LogP contribution < -0.4 is 16.1 Å². The Morgan fingerprint density at radius 3 is 2.81 bits per heavy atom. The van der Waals surface area contributed by atoms with Crippen LogP contribution >= 0.6 is 12.4 Å². The number of halogens is 2. The highest BCUT2D eigenvalue weighted by atomic mass is 35.5. The van der Waals surface area contributed by atoms with Crippen molar-refractivity contribution in [3.63, 3.8) is 0 Å². The number of amides is 1. The number of nitrogens with one attached hydrogen (secondary N) is 2. The lowest BCUT2D eigenvalue weighted by atomic mass is 9.95. The highest BCUT2D eigenvalue weighted by Crippen LogP contribution is 2.14. The van der Waals surface area contributed by atoms with Crippen LogP contribution in [0, 0.1) is 18.7 Å². The van der Waals surface area contributed by atoms with Crippen LogP contribution in [0.15, 0.2) is 35.1 Å². The second-order valence-corrected chi connectivity index (χ2v) is 6.41. The van der Waals surface area contributed by atoms with E-state index in [1.165, 1.54) is 16.8 Å². The van der Waals surface area contributed by atoms with Crippen molar-refractivity contribution < 1.29 is 9.18 Å². The lowest BCUT2D eigenvalue weighted by Crippen LogP contribution is -2.49. The summed E-state index contributed by atoms with van der Waals surface area (Å²) in [6.45, 7) is 5.32. The lowest BCUT2D eigenvalue weighted by molar-refractivity contribution is 0.0906. The Morgan fingerprint density at radius 2 is 2.12 bits per heavy atom. The minimum atomic E-state index is -0.520. The summed E-state index contributed by atoms with van der Waals surface area (Å²) in [7, 11) is 0. The minimum absolute atomic E-state index is 0. The highest BCUT2D eigenvalue weighted by Gasteiger charge is 2.25. The standard InChI is InChI=1S/C18H21FN4O2.ClH/c1-11-10-20-8-7-14(11)21-18(25)17-16(24)9-12(2)23(22-17)15-6-4-3-5-13(15)19;/h3-6,9,11,14,20H,7-8,10H2,1-2H3,(H,21,25);1H. The van der Waals surface area contributed by atoms with Gasteiger partial charge in [-0.3, -0.25) is 9.59 Å². The summed E-state index contributed by atoms with van der Waals surface area (Å²) in [4.78, 5) is 24.8. The third-order valence-electron chi connectivity index (χ3n) is 4.50. The molecule has 2 atom stereocenters. The largest absolute Gasteiger partial charge is 0.347 e. The zero-order valence-electron chi connectivity index (χ0n) is 14.7. The summed E-state index contributed by atoms with van der Waals surface area (Å²) in [5, 5.41) is 10.3. The molecule has 1 amide bonds. The number of para-hydroxylation sites is 1. The molecule has 0 radical (unpaired) electrons. The van der Waals surface area contributed by atoms with Gasteiger partial charge in [-0.2, -0.15) is 5.10 Å². The third-order valence-corrected chi connectivity index (χ3v) is 4.50. The van der Waals surface area contributed by atoms with Crippen LogP contribution in [-0.4, -0.2) is 34.8 Å². The van der Waals surface area contributed by atoms with Gasteiger partial charge in [0.2, 0.25) is 5.43 Å². The van der Waals surface area contributed by atoms with Gasteiger partial charge >= 0.3 is 0 Å². The molecule has 1 saturated heterocycles. The summed E-state index contributed by atoms with van der Waals surface area (Å²) < 4.78 is 15.4. The second-order valence-electron chi connectivity index (χ2n) is 6.41. The molecular weight excluding hydrogens is 359 g/mol. The van der Waals surface area contributed by atoms with Crippen molar-refractivity contribution in [2.45, 2.75) is 26.3 Å². The molecule has 2 aromatic rings. The molecule has 2 unspecified atom stereocenters. The number of hydrogen-bond acceptors (Lipinski definition) is 4. The molecule has 0 bridgehead atoms. The van der Waals surface area contributed by atoms with E-state index in [9.17, 15) is 14.0 Å². The summed E-state index contributed by atoms with van der Waals surface area (Å²) in [6, 6.07) is 7.40. The molecule has 1 aliphatic rings. The van der Waals surface area contributed by atoms with E-state index in [1.807, 2.05) is 6.92 Å². The van der Waals surface area contributed by atoms with E-state index >= 15 is 0 Å². The number of carbonyl (C=O) groups excluding carboxylic acids is 1. The molecule has 3 rings (SSSR count). The van der Waals surface area contributed by atoms with E-state index in [2.05, 4.69) is 15.7 Å². The Bertz CT molecular complexity index is 855. The van der Waals surface area contributed by atoms with Crippen molar-refractivity contribution in [3.8, 4) is 5.69 Å². The second kappa shape index (κ2) is 8.42. The van der Waals surface area contributed by atoms with Gasteiger partial charge in [0.15, 0.2) is 5.69 Å². The number of aromatic nitrogens is 2. The molecule has 26 heavy (non-hydrogen) atoms. The Hall–Kier alpha value is -2.25. The maximum absolute atomic E-state index is 14.1. The van der Waals surface area contributed by atoms with Gasteiger partial charge in [0.05, 0.1) is 0 Å². The van der Waals surface area contributed by atoms with Crippen LogP contribution in [0.25, 0.3) is 5.69 Å². The van der Waals surface area contributed by atoms with E-state index in [1.54, 1.807) is 25.1 Å². The van der Waals surface area contributed by atoms with Crippen molar-refractivity contribution in [2.24, 2.45) is 5.92 Å². The van der Waals surface area contributed by atoms with Crippen LogP contribution in [0.4, 0.5) is 4.39 Å². The number of benzene rings is 1. The van der Waals surface area contributed by atoms with Crippen molar-refractivity contribution in [3.05, 3.63) is 57.8 Å². The zero-order valence-corrected chi connectivity index (χ0v) is 15.5. The lowest BCUT2D eigenvalue weighted by Gasteiger charge is -2.30. The fourth-order valence-corrected chi connectivity index (χ4v) is 3.04. The Morgan fingerprint density at radius 1 is 1.38 bits per heavy atom. The van der Waals surface area contributed by atoms with Crippen molar-refractivity contribution in [1.82, 2.24) is 20.4 Å². The molecule has 1 aliphatic heterocycles. The van der Waals surface area contributed by atoms with Gasteiger partial charge < -0.3 is 10.6 Å². The first-order chi connectivity index (χ1) is 12.0. The van der Waals surface area contributed by atoms with Gasteiger partial charge in [0, 0.05) is 17.8 Å². The fourth-order valence-electron chi connectivity index (χ4n) is 3.04. The minimum Gasteiger partial charge on any atom is -0.347 e. The van der Waals surface area contributed by atoms with Crippen LogP contribution in [-0.2, 0) is 0 Å². The average Bonchev–Trinajstić information content (AvgIpc) is 2.58. The first-order valence-electron chi connectivity index (χ1n) is 8.35. The van der Waals surface area contributed by atoms with E-state index < -0.39 is 17.2 Å². The first-order valence-corrected chi connectivity index (χ1v) is 8.35. The molecule has 8 heteroatoms. The smallest absolute Gasteiger partial charge is 0.276 e. The van der Waals surface area contributed by atoms with Crippen molar-refractivity contribution >= 4 is 18.3 Å². The molecular formula is C18H22ClFN4O2. The average molecular weight is 381 g/mol. The summed E-state index contributed by atoms with van der Waals surface area (Å²) in [6.07, 6.45) is 0.792. The first kappa shape index (κ1) is 20.1. The third kappa shape index (κ3) is 4.11. The highest BCUT2D eigenvalue weighted by molar-refractivity contribution is 5.92. The molecule has 1 aromatic heterocycles. The molecule has 2 N–H and O–H groups in total. The Balaban J connectivity index is 0.00000243. The maximum atomic E-state index is 14.1. The number of hydrogen-bond donors (Lipinski definition) is 2. The monoisotopic (exact) mass is 380 g/mol. The molecule has 0 spiro atoms. The molecule has 6 nitrogen and oxygen atoms in total. The SMILES string of the molecule is Cc1cc(=O)c(C(=O)NC2CCNCC2C)nn1-c1ccccc1F.Cl. The van der Waals surface area contributed by atoms with Crippen LogP contribution in [0.5, 0.6) is 0 Å².